The lowest BCUT2D eigenvalue weighted by Crippen LogP contribution is -2.27. The van der Waals surface area contributed by atoms with Crippen molar-refractivity contribution in [3.8, 4) is 5.75 Å². The van der Waals surface area contributed by atoms with E-state index in [1.807, 2.05) is 24.3 Å². The molecule has 1 fully saturated rings. The predicted molar refractivity (Wildman–Crippen MR) is 67.6 cm³/mol. The molecule has 0 aliphatic carbocycles. The fourth-order valence-electron chi connectivity index (χ4n) is 1.62. The van der Waals surface area contributed by atoms with Crippen LogP contribution in [0.25, 0.3) is 0 Å². The topological polar surface area (TPSA) is 33.1 Å². The lowest BCUT2D eigenvalue weighted by molar-refractivity contribution is 0.192. The van der Waals surface area contributed by atoms with E-state index in [2.05, 4.69) is 15.9 Å². The molecule has 2 rings (SSSR count). The van der Waals surface area contributed by atoms with E-state index >= 15 is 0 Å². The summed E-state index contributed by atoms with van der Waals surface area (Å²) in [5.74, 6) is 2.94. The van der Waals surface area contributed by atoms with Crippen molar-refractivity contribution in [3.63, 3.8) is 0 Å². The molecule has 0 bridgehead atoms. The molecule has 1 N–H and O–H groups in total. The van der Waals surface area contributed by atoms with Gasteiger partial charge in [0, 0.05) is 16.0 Å². The highest BCUT2D eigenvalue weighted by Crippen LogP contribution is 2.21. The zero-order chi connectivity index (χ0) is 10.7. The van der Waals surface area contributed by atoms with E-state index in [-0.39, 0.29) is 10.7 Å². The quantitative estimate of drug-likeness (QED) is 0.889. The molecular formula is C11H14BrNOS. The lowest BCUT2D eigenvalue weighted by Gasteiger charge is -2.24. The van der Waals surface area contributed by atoms with Gasteiger partial charge in [-0.2, -0.15) is 0 Å². The molecule has 4 heteroatoms. The maximum Gasteiger partial charge on any atom is 0.119 e. The molecule has 1 aromatic rings. The molecule has 1 aliphatic heterocycles. The van der Waals surface area contributed by atoms with Crippen LogP contribution in [0.3, 0.4) is 0 Å². The average Bonchev–Trinajstić information content (AvgIpc) is 2.25. The second-order valence-corrected chi connectivity index (χ2v) is 6.39. The molecular weight excluding hydrogens is 274 g/mol. The van der Waals surface area contributed by atoms with Crippen LogP contribution in [0, 0.1) is 4.78 Å². The van der Waals surface area contributed by atoms with Crippen molar-refractivity contribution < 1.29 is 4.74 Å². The summed E-state index contributed by atoms with van der Waals surface area (Å²) in [6, 6.07) is 7.96. The minimum Gasteiger partial charge on any atom is -0.490 e. The molecule has 0 saturated carbocycles. The fourth-order valence-corrected chi connectivity index (χ4v) is 3.18. The van der Waals surface area contributed by atoms with E-state index in [1.54, 1.807) is 0 Å². The molecule has 1 aliphatic rings. The Balaban J connectivity index is 1.91. The Morgan fingerprint density at radius 1 is 1.20 bits per heavy atom. The molecule has 0 spiro atoms. The van der Waals surface area contributed by atoms with Gasteiger partial charge in [-0.1, -0.05) is 15.9 Å². The second-order valence-electron chi connectivity index (χ2n) is 3.67. The van der Waals surface area contributed by atoms with Gasteiger partial charge >= 0.3 is 0 Å². The van der Waals surface area contributed by atoms with Crippen molar-refractivity contribution in [3.05, 3.63) is 28.7 Å². The van der Waals surface area contributed by atoms with Gasteiger partial charge in [0.1, 0.15) is 11.9 Å². The van der Waals surface area contributed by atoms with Gasteiger partial charge in [0.2, 0.25) is 0 Å². The number of ether oxygens (including phenoxy) is 1. The highest BCUT2D eigenvalue weighted by Gasteiger charge is 2.17. The minimum absolute atomic E-state index is 0.110. The molecule has 0 aromatic heterocycles. The van der Waals surface area contributed by atoms with Crippen molar-refractivity contribution in [2.24, 2.45) is 0 Å². The first-order valence-electron chi connectivity index (χ1n) is 5.05. The van der Waals surface area contributed by atoms with E-state index in [4.69, 9.17) is 9.52 Å². The standard InChI is InChI=1S/C11H14BrNOS/c12-9-1-3-10(4-2-9)14-11-5-7-15(13)8-6-11/h1-4,11,13H,5-8H2. The molecule has 15 heavy (non-hydrogen) atoms. The van der Waals surface area contributed by atoms with Gasteiger partial charge in [-0.05, 0) is 37.1 Å². The van der Waals surface area contributed by atoms with Crippen LogP contribution in [0.5, 0.6) is 5.75 Å². The number of hydrogen-bond donors (Lipinski definition) is 1. The average molecular weight is 288 g/mol. The van der Waals surface area contributed by atoms with Crippen LogP contribution in [-0.2, 0) is 10.7 Å². The van der Waals surface area contributed by atoms with Crippen LogP contribution in [0.4, 0.5) is 0 Å². The van der Waals surface area contributed by atoms with Crippen LogP contribution >= 0.6 is 15.9 Å². The van der Waals surface area contributed by atoms with Crippen molar-refractivity contribution >= 4 is 26.6 Å². The van der Waals surface area contributed by atoms with Crippen molar-refractivity contribution in [2.75, 3.05) is 11.5 Å². The largest absolute Gasteiger partial charge is 0.490 e. The maximum absolute atomic E-state index is 7.64. The zero-order valence-corrected chi connectivity index (χ0v) is 10.8. The summed E-state index contributed by atoms with van der Waals surface area (Å²) in [4.78, 5) is 0. The van der Waals surface area contributed by atoms with Gasteiger partial charge in [0.15, 0.2) is 0 Å². The van der Waals surface area contributed by atoms with Crippen molar-refractivity contribution in [1.29, 1.82) is 4.78 Å². The van der Waals surface area contributed by atoms with E-state index in [0.717, 1.165) is 34.6 Å². The minimum atomic E-state index is -0.110. The van der Waals surface area contributed by atoms with E-state index in [0.29, 0.717) is 6.10 Å². The first-order valence-corrected chi connectivity index (χ1v) is 7.40. The highest BCUT2D eigenvalue weighted by molar-refractivity contribution is 9.10. The predicted octanol–water partition coefficient (Wildman–Crippen LogP) is 3.37. The molecule has 0 radical (unpaired) electrons. The molecule has 1 saturated heterocycles. The molecule has 0 atom stereocenters. The molecule has 0 unspecified atom stereocenters. The Bertz CT molecular complexity index is 342. The monoisotopic (exact) mass is 287 g/mol. The van der Waals surface area contributed by atoms with Crippen LogP contribution in [-0.4, -0.2) is 17.6 Å². The lowest BCUT2D eigenvalue weighted by atomic mass is 10.2. The third kappa shape index (κ3) is 3.31. The molecule has 1 heterocycles. The number of benzene rings is 1. The Hall–Kier alpha value is -0.350. The summed E-state index contributed by atoms with van der Waals surface area (Å²) in [6.45, 7) is 0. The van der Waals surface area contributed by atoms with Crippen LogP contribution in [0.1, 0.15) is 12.8 Å². The maximum atomic E-state index is 7.64. The van der Waals surface area contributed by atoms with Crippen LogP contribution in [0.15, 0.2) is 28.7 Å². The summed E-state index contributed by atoms with van der Waals surface area (Å²) < 4.78 is 14.6. The summed E-state index contributed by atoms with van der Waals surface area (Å²) in [7, 11) is -0.110. The SMILES string of the molecule is N=S1CCC(Oc2ccc(Br)cc2)CC1. The third-order valence-corrected chi connectivity index (χ3v) is 4.47. The third-order valence-electron chi connectivity index (χ3n) is 2.49. The Morgan fingerprint density at radius 2 is 1.80 bits per heavy atom. The Labute approximate surface area is 101 Å². The van der Waals surface area contributed by atoms with Crippen LogP contribution in [0.2, 0.25) is 0 Å². The van der Waals surface area contributed by atoms with Crippen molar-refractivity contribution in [1.82, 2.24) is 0 Å². The zero-order valence-electron chi connectivity index (χ0n) is 8.41. The Morgan fingerprint density at radius 3 is 2.40 bits per heavy atom. The van der Waals surface area contributed by atoms with E-state index in [9.17, 15) is 0 Å². The van der Waals surface area contributed by atoms with Gasteiger partial charge in [-0.25, -0.2) is 0 Å². The highest BCUT2D eigenvalue weighted by atomic mass is 79.9. The molecule has 0 amide bonds. The van der Waals surface area contributed by atoms with Gasteiger partial charge in [0.25, 0.3) is 0 Å². The molecule has 82 valence electrons. The van der Waals surface area contributed by atoms with E-state index in [1.165, 1.54) is 0 Å². The Kier molecular flexibility index (Phi) is 3.81. The first-order chi connectivity index (χ1) is 7.24. The number of hydrogen-bond acceptors (Lipinski definition) is 2. The summed E-state index contributed by atoms with van der Waals surface area (Å²) in [5.41, 5.74) is 0. The normalized spacial score (nSPS) is 26.2. The van der Waals surface area contributed by atoms with E-state index < -0.39 is 0 Å². The number of rotatable bonds is 2. The summed E-state index contributed by atoms with van der Waals surface area (Å²) in [5, 5.41) is 0. The van der Waals surface area contributed by atoms with Gasteiger partial charge in [-0.3, -0.25) is 4.78 Å². The van der Waals surface area contributed by atoms with Crippen LogP contribution < -0.4 is 4.74 Å². The summed E-state index contributed by atoms with van der Waals surface area (Å²) >= 11 is 3.40. The fraction of sp³-hybridized carbons (Fsp3) is 0.455. The first kappa shape index (κ1) is 11.1. The number of nitrogens with one attached hydrogen (secondary N) is 1. The second kappa shape index (κ2) is 5.12. The van der Waals surface area contributed by atoms with Gasteiger partial charge in [0.05, 0.1) is 0 Å². The molecule has 2 nitrogen and oxygen atoms in total. The van der Waals surface area contributed by atoms with Gasteiger partial charge in [-0.15, -0.1) is 10.7 Å². The number of halogens is 1. The summed E-state index contributed by atoms with van der Waals surface area (Å²) in [6.07, 6.45) is 2.38. The van der Waals surface area contributed by atoms with Crippen molar-refractivity contribution in [2.45, 2.75) is 18.9 Å². The molecule has 1 aromatic carbocycles. The van der Waals surface area contributed by atoms with Gasteiger partial charge < -0.3 is 4.74 Å². The smallest absolute Gasteiger partial charge is 0.119 e.